The van der Waals surface area contributed by atoms with Gasteiger partial charge in [0.2, 0.25) is 6.29 Å². The molecule has 2 heterocycles. The quantitative estimate of drug-likeness (QED) is 0.136. The lowest BCUT2D eigenvalue weighted by atomic mass is 9.98. The number of aromatic hydroxyl groups is 2. The van der Waals surface area contributed by atoms with E-state index >= 15 is 0 Å². The third-order valence-corrected chi connectivity index (χ3v) is 7.79. The molecule has 0 saturated carbocycles. The number of anilines is 1. The lowest BCUT2D eigenvalue weighted by molar-refractivity contribution is -0.265. The van der Waals surface area contributed by atoms with Gasteiger partial charge in [-0.2, -0.15) is 0 Å². The molecule has 1 amide bonds. The molecule has 6 N–H and O–H groups in total. The topological polar surface area (TPSA) is 188 Å². The van der Waals surface area contributed by atoms with Crippen LogP contribution in [0.15, 0.2) is 100 Å². The molecule has 5 atom stereocenters. The summed E-state index contributed by atoms with van der Waals surface area (Å²) in [4.78, 5) is 26.1. The number of phenolic OH excluding ortho intramolecular Hbond substituents is 2. The van der Waals surface area contributed by atoms with Crippen molar-refractivity contribution >= 4 is 22.6 Å². The maximum absolute atomic E-state index is 13.1. The largest absolute Gasteiger partial charge is 0.508 e. The van der Waals surface area contributed by atoms with Crippen LogP contribution in [0.2, 0.25) is 0 Å². The molecule has 5 aromatic rings. The Hall–Kier alpha value is -5.40. The van der Waals surface area contributed by atoms with Gasteiger partial charge < -0.3 is 49.5 Å². The highest BCUT2D eigenvalue weighted by molar-refractivity contribution is 5.95. The summed E-state index contributed by atoms with van der Waals surface area (Å²) in [5, 5.41) is 54.5. The first-order valence-electron chi connectivity index (χ1n) is 14.6. The first-order valence-corrected chi connectivity index (χ1v) is 14.6. The average Bonchev–Trinajstić information content (AvgIpc) is 3.07. The summed E-state index contributed by atoms with van der Waals surface area (Å²) in [5.41, 5.74) is 1.38. The number of amides is 1. The minimum Gasteiger partial charge on any atom is -0.508 e. The van der Waals surface area contributed by atoms with Crippen molar-refractivity contribution in [3.63, 3.8) is 0 Å². The van der Waals surface area contributed by atoms with Gasteiger partial charge in [0, 0.05) is 28.9 Å². The van der Waals surface area contributed by atoms with Crippen LogP contribution in [0.1, 0.15) is 11.1 Å². The SMILES string of the molecule is Cc1c(OC2OC(C(=O)Nc3ccc(O)cc3)C(O)C(O)C2O)cc2oc(-c3ccc(OCc4ccccc4)cc3)cc(=O)c2c1O. The van der Waals surface area contributed by atoms with Gasteiger partial charge in [-0.05, 0) is 61.0 Å². The highest BCUT2D eigenvalue weighted by atomic mass is 16.7. The molecule has 6 rings (SSSR count). The van der Waals surface area contributed by atoms with Gasteiger partial charge >= 0.3 is 0 Å². The first kappa shape index (κ1) is 31.6. The number of hydrogen-bond acceptors (Lipinski definition) is 11. The van der Waals surface area contributed by atoms with Crippen LogP contribution in [0.4, 0.5) is 5.69 Å². The molecular weight excluding hydrogens is 610 g/mol. The van der Waals surface area contributed by atoms with Crippen molar-refractivity contribution in [3.05, 3.63) is 112 Å². The Kier molecular flexibility index (Phi) is 8.83. The molecule has 1 saturated heterocycles. The fourth-order valence-electron chi connectivity index (χ4n) is 5.14. The van der Waals surface area contributed by atoms with Gasteiger partial charge in [0.25, 0.3) is 5.91 Å². The number of aliphatic hydroxyl groups excluding tert-OH is 3. The monoisotopic (exact) mass is 641 g/mol. The van der Waals surface area contributed by atoms with Crippen molar-refractivity contribution in [2.24, 2.45) is 0 Å². The number of carbonyl (C=O) groups excluding carboxylic acids is 1. The molecular formula is C35H31NO11. The van der Waals surface area contributed by atoms with E-state index in [9.17, 15) is 35.1 Å². The first-order chi connectivity index (χ1) is 22.6. The predicted molar refractivity (Wildman–Crippen MR) is 169 cm³/mol. The summed E-state index contributed by atoms with van der Waals surface area (Å²) in [6.07, 6.45) is -8.82. The number of fused-ring (bicyclic) bond motifs is 1. The summed E-state index contributed by atoms with van der Waals surface area (Å²) in [6, 6.07) is 24.7. The van der Waals surface area contributed by atoms with E-state index in [0.717, 1.165) is 5.56 Å². The summed E-state index contributed by atoms with van der Waals surface area (Å²) >= 11 is 0. The molecule has 4 aromatic carbocycles. The van der Waals surface area contributed by atoms with Crippen molar-refractivity contribution in [3.8, 4) is 34.3 Å². The number of aliphatic hydroxyl groups is 3. The number of carbonyl (C=O) groups is 1. The molecule has 1 aliphatic rings. The van der Waals surface area contributed by atoms with Gasteiger partial charge in [0.1, 0.15) is 64.6 Å². The molecule has 0 aliphatic carbocycles. The normalized spacial score (nSPS) is 20.9. The van der Waals surface area contributed by atoms with Crippen molar-refractivity contribution in [1.29, 1.82) is 0 Å². The second kappa shape index (κ2) is 13.1. The van der Waals surface area contributed by atoms with Crippen LogP contribution < -0.4 is 20.2 Å². The highest BCUT2D eigenvalue weighted by Crippen LogP contribution is 2.37. The molecule has 47 heavy (non-hydrogen) atoms. The number of nitrogens with one attached hydrogen (secondary N) is 1. The Labute approximate surface area is 267 Å². The van der Waals surface area contributed by atoms with E-state index in [4.69, 9.17) is 18.6 Å². The Morgan fingerprint density at radius 3 is 2.28 bits per heavy atom. The van der Waals surface area contributed by atoms with Crippen LogP contribution >= 0.6 is 0 Å². The van der Waals surface area contributed by atoms with Crippen molar-refractivity contribution in [2.75, 3.05) is 5.32 Å². The maximum atomic E-state index is 13.1. The van der Waals surface area contributed by atoms with Crippen molar-refractivity contribution in [1.82, 2.24) is 0 Å². The van der Waals surface area contributed by atoms with E-state index in [1.54, 1.807) is 24.3 Å². The third-order valence-electron chi connectivity index (χ3n) is 7.79. The summed E-state index contributed by atoms with van der Waals surface area (Å²) < 4.78 is 23.3. The lowest BCUT2D eigenvalue weighted by Crippen LogP contribution is -2.62. The van der Waals surface area contributed by atoms with E-state index < -0.39 is 47.8 Å². The van der Waals surface area contributed by atoms with Gasteiger partial charge in [-0.1, -0.05) is 30.3 Å². The van der Waals surface area contributed by atoms with Crippen LogP contribution in [0.25, 0.3) is 22.3 Å². The molecule has 0 spiro atoms. The van der Waals surface area contributed by atoms with Gasteiger partial charge in [0.05, 0.1) is 0 Å². The van der Waals surface area contributed by atoms with E-state index in [-0.39, 0.29) is 39.5 Å². The van der Waals surface area contributed by atoms with Gasteiger partial charge in [-0.25, -0.2) is 0 Å². The minimum atomic E-state index is -1.84. The van der Waals surface area contributed by atoms with E-state index in [2.05, 4.69) is 5.32 Å². The zero-order chi connectivity index (χ0) is 33.2. The number of rotatable bonds is 8. The number of ether oxygens (including phenoxy) is 3. The van der Waals surface area contributed by atoms with Gasteiger partial charge in [-0.15, -0.1) is 0 Å². The molecule has 0 radical (unpaired) electrons. The second-order valence-electron chi connectivity index (χ2n) is 11.0. The minimum absolute atomic E-state index is 0.0250. The van der Waals surface area contributed by atoms with Crippen LogP contribution in [0.3, 0.4) is 0 Å². The Morgan fingerprint density at radius 1 is 0.872 bits per heavy atom. The molecule has 1 aliphatic heterocycles. The zero-order valence-electron chi connectivity index (χ0n) is 24.9. The zero-order valence-corrected chi connectivity index (χ0v) is 24.9. The summed E-state index contributed by atoms with van der Waals surface area (Å²) in [7, 11) is 0. The van der Waals surface area contributed by atoms with Crippen molar-refractivity contribution in [2.45, 2.75) is 44.2 Å². The van der Waals surface area contributed by atoms with Crippen LogP contribution in [0, 0.1) is 6.92 Å². The Balaban J connectivity index is 1.24. The average molecular weight is 642 g/mol. The second-order valence-corrected chi connectivity index (χ2v) is 11.0. The third kappa shape index (κ3) is 6.62. The molecule has 0 bridgehead atoms. The Morgan fingerprint density at radius 2 is 1.57 bits per heavy atom. The van der Waals surface area contributed by atoms with Crippen molar-refractivity contribution < 1.29 is 49.0 Å². The molecule has 1 fully saturated rings. The van der Waals surface area contributed by atoms with E-state index in [1.165, 1.54) is 43.3 Å². The van der Waals surface area contributed by atoms with E-state index in [1.807, 2.05) is 30.3 Å². The summed E-state index contributed by atoms with van der Waals surface area (Å²) in [6.45, 7) is 1.84. The standard InChI is InChI=1S/C35H31NO11/c1-18-25(46-35-32(42)30(40)31(41)33(47-35)34(43)36-21-9-11-22(37)12-10-21)16-27-28(29(18)39)24(38)15-26(45-27)20-7-13-23(14-8-20)44-17-19-5-3-2-4-6-19/h2-16,30-33,35,37,39-42H,17H2,1H3,(H,36,43). The number of phenols is 2. The van der Waals surface area contributed by atoms with Gasteiger partial charge in [-0.3, -0.25) is 9.59 Å². The molecule has 1 aromatic heterocycles. The highest BCUT2D eigenvalue weighted by Gasteiger charge is 2.48. The number of hydrogen-bond donors (Lipinski definition) is 6. The van der Waals surface area contributed by atoms with Crippen LogP contribution in [0.5, 0.6) is 23.0 Å². The van der Waals surface area contributed by atoms with Crippen LogP contribution in [-0.2, 0) is 16.1 Å². The summed E-state index contributed by atoms with van der Waals surface area (Å²) in [5.74, 6) is -0.584. The van der Waals surface area contributed by atoms with E-state index in [0.29, 0.717) is 17.9 Å². The fraction of sp³-hybridized carbons (Fsp3) is 0.200. The lowest BCUT2D eigenvalue weighted by Gasteiger charge is -2.39. The van der Waals surface area contributed by atoms with Crippen LogP contribution in [-0.4, -0.2) is 62.1 Å². The smallest absolute Gasteiger partial charge is 0.256 e. The molecule has 12 nitrogen and oxygen atoms in total. The number of benzene rings is 4. The Bertz CT molecular complexity index is 1940. The molecule has 12 heteroatoms. The maximum Gasteiger partial charge on any atom is 0.256 e. The van der Waals surface area contributed by atoms with Gasteiger partial charge in [0.15, 0.2) is 11.5 Å². The molecule has 242 valence electrons. The predicted octanol–water partition coefficient (Wildman–Crippen LogP) is 3.58. The molecule has 5 unspecified atom stereocenters. The fourth-order valence-corrected chi connectivity index (χ4v) is 5.14.